The second-order valence-electron chi connectivity index (χ2n) is 3.07. The molecule has 0 aromatic heterocycles. The number of carbonyl (C=O) groups excluding carboxylic acids is 2. The molecule has 1 amide bonds. The lowest BCUT2D eigenvalue weighted by Crippen LogP contribution is -2.25. The zero-order valence-corrected chi connectivity index (χ0v) is 9.37. The molecule has 0 atom stereocenters. The normalized spacial score (nSPS) is 10.2. The SMILES string of the molecule is CCOC(=O)/C=C/C(=O)N(O)c1ccccc1. The number of ether oxygens (including phenoxy) is 1. The van der Waals surface area contributed by atoms with Gasteiger partial charge in [0.15, 0.2) is 0 Å². The van der Waals surface area contributed by atoms with Crippen LogP contribution in [-0.4, -0.2) is 23.7 Å². The summed E-state index contributed by atoms with van der Waals surface area (Å²) in [7, 11) is 0. The highest BCUT2D eigenvalue weighted by molar-refractivity contribution is 6.02. The number of amides is 1. The molecule has 1 aromatic carbocycles. The van der Waals surface area contributed by atoms with E-state index in [4.69, 9.17) is 0 Å². The van der Waals surface area contributed by atoms with E-state index in [0.29, 0.717) is 10.8 Å². The summed E-state index contributed by atoms with van der Waals surface area (Å²) in [5.74, 6) is -1.34. The molecule has 17 heavy (non-hydrogen) atoms. The average molecular weight is 235 g/mol. The van der Waals surface area contributed by atoms with Crippen LogP contribution in [0, 0.1) is 0 Å². The van der Waals surface area contributed by atoms with Gasteiger partial charge in [0.1, 0.15) is 0 Å². The molecule has 0 saturated carbocycles. The molecular formula is C12H13NO4. The highest BCUT2D eigenvalue weighted by Gasteiger charge is 2.09. The number of benzene rings is 1. The number of nitrogens with zero attached hydrogens (tertiary/aromatic N) is 1. The van der Waals surface area contributed by atoms with Crippen molar-refractivity contribution in [2.75, 3.05) is 11.7 Å². The Morgan fingerprint density at radius 3 is 2.53 bits per heavy atom. The molecule has 0 unspecified atom stereocenters. The molecule has 1 aromatic rings. The van der Waals surface area contributed by atoms with Gasteiger partial charge in [0.05, 0.1) is 12.3 Å². The van der Waals surface area contributed by atoms with Crippen LogP contribution in [0.1, 0.15) is 6.92 Å². The van der Waals surface area contributed by atoms with E-state index in [1.807, 2.05) is 0 Å². The number of anilines is 1. The number of carbonyl (C=O) groups is 2. The third-order valence-electron chi connectivity index (χ3n) is 1.86. The van der Waals surface area contributed by atoms with Crippen LogP contribution in [0.5, 0.6) is 0 Å². The van der Waals surface area contributed by atoms with Crippen molar-refractivity contribution in [2.45, 2.75) is 6.92 Å². The Bertz CT molecular complexity index is 414. The molecule has 1 rings (SSSR count). The van der Waals surface area contributed by atoms with E-state index in [0.717, 1.165) is 12.2 Å². The average Bonchev–Trinajstić information content (AvgIpc) is 2.36. The maximum Gasteiger partial charge on any atom is 0.330 e. The maximum absolute atomic E-state index is 11.4. The number of hydrogen-bond acceptors (Lipinski definition) is 4. The molecule has 0 radical (unpaired) electrons. The summed E-state index contributed by atoms with van der Waals surface area (Å²) >= 11 is 0. The summed E-state index contributed by atoms with van der Waals surface area (Å²) in [5.41, 5.74) is 0.325. The molecule has 90 valence electrons. The van der Waals surface area contributed by atoms with Gasteiger partial charge < -0.3 is 4.74 Å². The third-order valence-corrected chi connectivity index (χ3v) is 1.86. The Balaban J connectivity index is 2.62. The largest absolute Gasteiger partial charge is 0.463 e. The first kappa shape index (κ1) is 12.9. The molecule has 5 nitrogen and oxygen atoms in total. The zero-order chi connectivity index (χ0) is 12.7. The van der Waals surface area contributed by atoms with E-state index in [9.17, 15) is 14.8 Å². The van der Waals surface area contributed by atoms with Crippen molar-refractivity contribution in [3.63, 3.8) is 0 Å². The predicted molar refractivity (Wildman–Crippen MR) is 61.5 cm³/mol. The molecule has 0 bridgehead atoms. The van der Waals surface area contributed by atoms with Crippen LogP contribution in [0.2, 0.25) is 0 Å². The van der Waals surface area contributed by atoms with Crippen molar-refractivity contribution in [3.05, 3.63) is 42.5 Å². The Morgan fingerprint density at radius 1 is 1.29 bits per heavy atom. The molecule has 0 heterocycles. The van der Waals surface area contributed by atoms with Crippen LogP contribution in [0.25, 0.3) is 0 Å². The molecule has 0 aliphatic rings. The first-order valence-electron chi connectivity index (χ1n) is 5.08. The first-order valence-corrected chi connectivity index (χ1v) is 5.08. The lowest BCUT2D eigenvalue weighted by Gasteiger charge is -2.11. The van der Waals surface area contributed by atoms with Crippen molar-refractivity contribution in [1.82, 2.24) is 0 Å². The van der Waals surface area contributed by atoms with Gasteiger partial charge in [-0.1, -0.05) is 18.2 Å². The van der Waals surface area contributed by atoms with E-state index >= 15 is 0 Å². The number of hydroxylamine groups is 1. The van der Waals surface area contributed by atoms with Gasteiger partial charge in [-0.05, 0) is 19.1 Å². The van der Waals surface area contributed by atoms with Gasteiger partial charge in [-0.15, -0.1) is 0 Å². The summed E-state index contributed by atoms with van der Waals surface area (Å²) in [6.07, 6.45) is 1.92. The Hall–Kier alpha value is -2.14. The Morgan fingerprint density at radius 2 is 1.94 bits per heavy atom. The molecule has 5 heteroatoms. The van der Waals surface area contributed by atoms with Crippen LogP contribution in [-0.2, 0) is 14.3 Å². The zero-order valence-electron chi connectivity index (χ0n) is 9.37. The molecule has 0 fully saturated rings. The van der Waals surface area contributed by atoms with Crippen molar-refractivity contribution in [2.24, 2.45) is 0 Å². The summed E-state index contributed by atoms with van der Waals surface area (Å²) in [6.45, 7) is 1.90. The lowest BCUT2D eigenvalue weighted by atomic mass is 10.3. The fraction of sp³-hybridized carbons (Fsp3) is 0.167. The second-order valence-corrected chi connectivity index (χ2v) is 3.07. The number of hydrogen-bond donors (Lipinski definition) is 1. The van der Waals surface area contributed by atoms with Crippen LogP contribution in [0.15, 0.2) is 42.5 Å². The molecule has 0 saturated heterocycles. The summed E-state index contributed by atoms with van der Waals surface area (Å²) < 4.78 is 4.60. The monoisotopic (exact) mass is 235 g/mol. The fourth-order valence-corrected chi connectivity index (χ4v) is 1.10. The van der Waals surface area contributed by atoms with E-state index in [1.165, 1.54) is 0 Å². The summed E-state index contributed by atoms with van der Waals surface area (Å²) in [4.78, 5) is 22.4. The van der Waals surface area contributed by atoms with E-state index in [1.54, 1.807) is 37.3 Å². The van der Waals surface area contributed by atoms with Gasteiger partial charge in [0, 0.05) is 12.2 Å². The second kappa shape index (κ2) is 6.44. The van der Waals surface area contributed by atoms with Crippen LogP contribution in [0.3, 0.4) is 0 Å². The molecule has 1 N–H and O–H groups in total. The minimum Gasteiger partial charge on any atom is -0.463 e. The van der Waals surface area contributed by atoms with Crippen LogP contribution < -0.4 is 5.06 Å². The summed E-state index contributed by atoms with van der Waals surface area (Å²) in [6, 6.07) is 8.25. The van der Waals surface area contributed by atoms with Crippen molar-refractivity contribution in [3.8, 4) is 0 Å². The predicted octanol–water partition coefficient (Wildman–Crippen LogP) is 1.53. The minimum absolute atomic E-state index is 0.235. The molecular weight excluding hydrogens is 222 g/mol. The van der Waals surface area contributed by atoms with Crippen molar-refractivity contribution in [1.29, 1.82) is 0 Å². The number of rotatable bonds is 4. The van der Waals surface area contributed by atoms with Gasteiger partial charge in [-0.2, -0.15) is 5.06 Å². The van der Waals surface area contributed by atoms with Gasteiger partial charge in [0.2, 0.25) is 0 Å². The molecule has 0 aliphatic carbocycles. The number of esters is 1. The standard InChI is InChI=1S/C12H13NO4/c1-2-17-12(15)9-8-11(14)13(16)10-6-4-3-5-7-10/h3-9,16H,2H2,1H3/b9-8+. The third kappa shape index (κ3) is 4.08. The lowest BCUT2D eigenvalue weighted by molar-refractivity contribution is -0.137. The quantitative estimate of drug-likeness (QED) is 0.372. The van der Waals surface area contributed by atoms with E-state index in [2.05, 4.69) is 4.74 Å². The van der Waals surface area contributed by atoms with Crippen LogP contribution >= 0.6 is 0 Å². The van der Waals surface area contributed by atoms with Gasteiger partial charge >= 0.3 is 5.97 Å². The van der Waals surface area contributed by atoms with Gasteiger partial charge in [-0.25, -0.2) is 4.79 Å². The molecule has 0 spiro atoms. The van der Waals surface area contributed by atoms with Crippen molar-refractivity contribution >= 4 is 17.6 Å². The highest BCUT2D eigenvalue weighted by Crippen LogP contribution is 2.10. The van der Waals surface area contributed by atoms with E-state index in [-0.39, 0.29) is 6.61 Å². The van der Waals surface area contributed by atoms with Gasteiger partial charge in [0.25, 0.3) is 5.91 Å². The summed E-state index contributed by atoms with van der Waals surface area (Å²) in [5, 5.41) is 9.97. The van der Waals surface area contributed by atoms with Crippen LogP contribution in [0.4, 0.5) is 5.69 Å². The van der Waals surface area contributed by atoms with E-state index < -0.39 is 11.9 Å². The molecule has 0 aliphatic heterocycles. The highest BCUT2D eigenvalue weighted by atomic mass is 16.5. The fourth-order valence-electron chi connectivity index (χ4n) is 1.10. The van der Waals surface area contributed by atoms with Crippen molar-refractivity contribution < 1.29 is 19.5 Å². The topological polar surface area (TPSA) is 66.8 Å². The first-order chi connectivity index (χ1) is 8.15. The minimum atomic E-state index is -0.718. The maximum atomic E-state index is 11.4. The number of para-hydroxylation sites is 1. The Labute approximate surface area is 98.9 Å². The smallest absolute Gasteiger partial charge is 0.330 e. The van der Waals surface area contributed by atoms with Gasteiger partial charge in [-0.3, -0.25) is 10.0 Å². The Kier molecular flexibility index (Phi) is 4.90.